The van der Waals surface area contributed by atoms with Gasteiger partial charge in [0.2, 0.25) is 0 Å². The van der Waals surface area contributed by atoms with Crippen LogP contribution in [0, 0.1) is 6.92 Å². The first kappa shape index (κ1) is 7.98. The van der Waals surface area contributed by atoms with Crippen molar-refractivity contribution >= 4 is 16.7 Å². The van der Waals surface area contributed by atoms with Gasteiger partial charge in [-0.1, -0.05) is 0 Å². The molecule has 66 valence electrons. The number of H-pyrrole nitrogens is 1. The van der Waals surface area contributed by atoms with Crippen molar-refractivity contribution < 1.29 is 4.79 Å². The van der Waals surface area contributed by atoms with Crippen LogP contribution in [0.25, 0.3) is 10.9 Å². The lowest BCUT2D eigenvalue weighted by Crippen LogP contribution is -1.92. The van der Waals surface area contributed by atoms with Crippen molar-refractivity contribution in [2.45, 2.75) is 13.8 Å². The first-order valence-electron chi connectivity index (χ1n) is 4.13. The molecule has 1 N–H and O–H groups in total. The molecule has 0 bridgehead atoms. The number of benzene rings is 1. The van der Waals surface area contributed by atoms with E-state index < -0.39 is 0 Å². The Morgan fingerprint density at radius 3 is 2.92 bits per heavy atom. The molecular weight excluding hydrogens is 164 g/mol. The van der Waals surface area contributed by atoms with E-state index in [2.05, 4.69) is 10.2 Å². The monoisotopic (exact) mass is 174 g/mol. The minimum atomic E-state index is 0.0891. The number of nitrogens with one attached hydrogen (secondary N) is 1. The van der Waals surface area contributed by atoms with E-state index in [1.165, 1.54) is 0 Å². The first-order chi connectivity index (χ1) is 6.18. The summed E-state index contributed by atoms with van der Waals surface area (Å²) in [4.78, 5) is 11.1. The second-order valence-corrected chi connectivity index (χ2v) is 3.18. The summed E-state index contributed by atoms with van der Waals surface area (Å²) in [6.45, 7) is 3.54. The first-order valence-corrected chi connectivity index (χ1v) is 4.13. The molecule has 13 heavy (non-hydrogen) atoms. The van der Waals surface area contributed by atoms with Crippen LogP contribution in [0.15, 0.2) is 18.3 Å². The van der Waals surface area contributed by atoms with Gasteiger partial charge >= 0.3 is 0 Å². The molecule has 0 unspecified atom stereocenters. The number of carbonyl (C=O) groups is 1. The Morgan fingerprint density at radius 2 is 2.23 bits per heavy atom. The van der Waals surface area contributed by atoms with Gasteiger partial charge in [0, 0.05) is 10.9 Å². The highest BCUT2D eigenvalue weighted by molar-refractivity contribution is 5.98. The summed E-state index contributed by atoms with van der Waals surface area (Å²) in [5.41, 5.74) is 2.80. The van der Waals surface area contributed by atoms with E-state index >= 15 is 0 Å². The molecule has 0 aliphatic carbocycles. The lowest BCUT2D eigenvalue weighted by Gasteiger charge is -1.99. The Bertz CT molecular complexity index is 471. The fourth-order valence-electron chi connectivity index (χ4n) is 1.44. The van der Waals surface area contributed by atoms with E-state index in [0.717, 1.165) is 22.0 Å². The van der Waals surface area contributed by atoms with Crippen LogP contribution in [-0.4, -0.2) is 16.0 Å². The SMILES string of the molecule is CC(=O)c1cc(C)c2[nH]ncc2c1. The number of hydrogen-bond donors (Lipinski definition) is 1. The van der Waals surface area contributed by atoms with Crippen molar-refractivity contribution in [2.24, 2.45) is 0 Å². The summed E-state index contributed by atoms with van der Waals surface area (Å²) >= 11 is 0. The van der Waals surface area contributed by atoms with E-state index in [1.54, 1.807) is 13.1 Å². The number of hydrogen-bond acceptors (Lipinski definition) is 2. The molecule has 2 aromatic rings. The van der Waals surface area contributed by atoms with Crippen LogP contribution in [0.5, 0.6) is 0 Å². The Labute approximate surface area is 75.8 Å². The van der Waals surface area contributed by atoms with Crippen molar-refractivity contribution in [3.8, 4) is 0 Å². The van der Waals surface area contributed by atoms with E-state index in [-0.39, 0.29) is 5.78 Å². The number of aromatic amines is 1. The molecule has 0 atom stereocenters. The zero-order chi connectivity index (χ0) is 9.42. The van der Waals surface area contributed by atoms with Crippen LogP contribution in [0.3, 0.4) is 0 Å². The van der Waals surface area contributed by atoms with Crippen LogP contribution >= 0.6 is 0 Å². The third kappa shape index (κ3) is 1.22. The highest BCUT2D eigenvalue weighted by atomic mass is 16.1. The molecule has 1 aromatic carbocycles. The van der Waals surface area contributed by atoms with Crippen LogP contribution in [-0.2, 0) is 0 Å². The van der Waals surface area contributed by atoms with Crippen LogP contribution in [0.2, 0.25) is 0 Å². The largest absolute Gasteiger partial charge is 0.295 e. The van der Waals surface area contributed by atoms with Gasteiger partial charge in [0.15, 0.2) is 5.78 Å². The summed E-state index contributed by atoms with van der Waals surface area (Å²) in [6.07, 6.45) is 1.73. The number of rotatable bonds is 1. The molecule has 3 nitrogen and oxygen atoms in total. The lowest BCUT2D eigenvalue weighted by atomic mass is 10.1. The summed E-state index contributed by atoms with van der Waals surface area (Å²) in [5.74, 6) is 0.0891. The van der Waals surface area contributed by atoms with Crippen molar-refractivity contribution in [3.05, 3.63) is 29.5 Å². The zero-order valence-electron chi connectivity index (χ0n) is 7.59. The standard InChI is InChI=1S/C10H10N2O/c1-6-3-8(7(2)13)4-9-5-11-12-10(6)9/h3-5H,1-2H3,(H,11,12). The number of aromatic nitrogens is 2. The third-order valence-corrected chi connectivity index (χ3v) is 2.15. The molecule has 0 spiro atoms. The van der Waals surface area contributed by atoms with Crippen LogP contribution in [0.4, 0.5) is 0 Å². The van der Waals surface area contributed by atoms with Gasteiger partial charge in [0.05, 0.1) is 11.7 Å². The Morgan fingerprint density at radius 1 is 1.46 bits per heavy atom. The van der Waals surface area contributed by atoms with Gasteiger partial charge in [0.25, 0.3) is 0 Å². The number of nitrogens with zero attached hydrogens (tertiary/aromatic N) is 1. The van der Waals surface area contributed by atoms with E-state index in [9.17, 15) is 4.79 Å². The van der Waals surface area contributed by atoms with Crippen molar-refractivity contribution in [3.63, 3.8) is 0 Å². The molecule has 0 saturated heterocycles. The Kier molecular flexibility index (Phi) is 1.65. The minimum absolute atomic E-state index is 0.0891. The highest BCUT2D eigenvalue weighted by Crippen LogP contribution is 2.17. The predicted molar refractivity (Wildman–Crippen MR) is 50.8 cm³/mol. The zero-order valence-corrected chi connectivity index (χ0v) is 7.59. The second kappa shape index (κ2) is 2.69. The average molecular weight is 174 g/mol. The molecular formula is C10H10N2O. The van der Waals surface area contributed by atoms with Crippen molar-refractivity contribution in [2.75, 3.05) is 0 Å². The number of aryl methyl sites for hydroxylation is 1. The molecule has 1 aromatic heterocycles. The van der Waals surface area contributed by atoms with Gasteiger partial charge in [-0.15, -0.1) is 0 Å². The molecule has 0 fully saturated rings. The fourth-order valence-corrected chi connectivity index (χ4v) is 1.44. The Hall–Kier alpha value is -1.64. The number of carbonyl (C=O) groups excluding carboxylic acids is 1. The quantitative estimate of drug-likeness (QED) is 0.673. The summed E-state index contributed by atoms with van der Waals surface area (Å²) in [7, 11) is 0. The minimum Gasteiger partial charge on any atom is -0.295 e. The normalized spacial score (nSPS) is 10.6. The summed E-state index contributed by atoms with van der Waals surface area (Å²) in [6, 6.07) is 3.73. The molecule has 0 aliphatic heterocycles. The maximum absolute atomic E-state index is 11.1. The van der Waals surface area contributed by atoms with Crippen LogP contribution in [0.1, 0.15) is 22.8 Å². The topological polar surface area (TPSA) is 45.8 Å². The second-order valence-electron chi connectivity index (χ2n) is 3.18. The molecule has 0 aliphatic rings. The number of fused-ring (bicyclic) bond motifs is 1. The molecule has 0 amide bonds. The Balaban J connectivity index is 2.77. The fraction of sp³-hybridized carbons (Fsp3) is 0.200. The van der Waals surface area contributed by atoms with Gasteiger partial charge in [0.1, 0.15) is 0 Å². The highest BCUT2D eigenvalue weighted by Gasteiger charge is 2.04. The van der Waals surface area contributed by atoms with Gasteiger partial charge in [-0.3, -0.25) is 9.89 Å². The average Bonchev–Trinajstić information content (AvgIpc) is 2.51. The number of Topliss-reactive ketones (excluding diaryl/α,β-unsaturated/α-hetero) is 1. The van der Waals surface area contributed by atoms with Gasteiger partial charge < -0.3 is 0 Å². The smallest absolute Gasteiger partial charge is 0.159 e. The van der Waals surface area contributed by atoms with E-state index in [0.29, 0.717) is 0 Å². The van der Waals surface area contributed by atoms with Gasteiger partial charge in [-0.25, -0.2) is 0 Å². The van der Waals surface area contributed by atoms with Crippen molar-refractivity contribution in [1.29, 1.82) is 0 Å². The van der Waals surface area contributed by atoms with E-state index in [4.69, 9.17) is 0 Å². The molecule has 0 radical (unpaired) electrons. The number of ketones is 1. The summed E-state index contributed by atoms with van der Waals surface area (Å²) < 4.78 is 0. The maximum atomic E-state index is 11.1. The summed E-state index contributed by atoms with van der Waals surface area (Å²) in [5, 5.41) is 7.81. The van der Waals surface area contributed by atoms with Gasteiger partial charge in [-0.2, -0.15) is 5.10 Å². The van der Waals surface area contributed by atoms with E-state index in [1.807, 2.05) is 19.1 Å². The molecule has 2 rings (SSSR count). The predicted octanol–water partition coefficient (Wildman–Crippen LogP) is 2.07. The van der Waals surface area contributed by atoms with Crippen molar-refractivity contribution in [1.82, 2.24) is 10.2 Å². The van der Waals surface area contributed by atoms with Gasteiger partial charge in [-0.05, 0) is 31.5 Å². The van der Waals surface area contributed by atoms with Crippen LogP contribution < -0.4 is 0 Å². The molecule has 1 heterocycles. The third-order valence-electron chi connectivity index (χ3n) is 2.15. The molecule has 0 saturated carbocycles. The molecule has 3 heteroatoms. The lowest BCUT2D eigenvalue weighted by molar-refractivity contribution is 0.101. The maximum Gasteiger partial charge on any atom is 0.159 e.